The molecule has 18 heavy (non-hydrogen) atoms. The lowest BCUT2D eigenvalue weighted by Crippen LogP contribution is -2.40. The lowest BCUT2D eigenvalue weighted by Gasteiger charge is -2.37. The molecule has 1 saturated heterocycles. The zero-order valence-electron chi connectivity index (χ0n) is 11.7. The van der Waals surface area contributed by atoms with Crippen molar-refractivity contribution in [3.05, 3.63) is 11.9 Å². The van der Waals surface area contributed by atoms with E-state index in [1.165, 1.54) is 31.2 Å². The Morgan fingerprint density at radius 3 is 2.89 bits per heavy atom. The molecule has 0 aliphatic carbocycles. The van der Waals surface area contributed by atoms with Crippen LogP contribution in [0.5, 0.6) is 0 Å². The Hall–Kier alpha value is -1.32. The van der Waals surface area contributed by atoms with Gasteiger partial charge < -0.3 is 10.2 Å². The van der Waals surface area contributed by atoms with E-state index in [-0.39, 0.29) is 0 Å². The van der Waals surface area contributed by atoms with Crippen molar-refractivity contribution in [1.29, 1.82) is 0 Å². The first kappa shape index (κ1) is 13.1. The molecule has 0 spiro atoms. The molecule has 0 bridgehead atoms. The molecule has 100 valence electrons. The van der Waals surface area contributed by atoms with E-state index in [1.54, 1.807) is 6.33 Å². The smallest absolute Gasteiger partial charge is 0.137 e. The molecule has 1 aromatic heterocycles. The van der Waals surface area contributed by atoms with E-state index in [4.69, 9.17) is 0 Å². The zero-order chi connectivity index (χ0) is 13.0. The molecule has 1 atom stereocenters. The quantitative estimate of drug-likeness (QED) is 0.889. The number of anilines is 2. The fourth-order valence-corrected chi connectivity index (χ4v) is 2.78. The van der Waals surface area contributed by atoms with Gasteiger partial charge in [0.25, 0.3) is 0 Å². The fraction of sp³-hybridized carbons (Fsp3) is 0.714. The summed E-state index contributed by atoms with van der Waals surface area (Å²) in [5.41, 5.74) is 1.18. The monoisotopic (exact) mass is 248 g/mol. The summed E-state index contributed by atoms with van der Waals surface area (Å²) in [6, 6.07) is 0.641. The Morgan fingerprint density at radius 2 is 2.17 bits per heavy atom. The minimum Gasteiger partial charge on any atom is -0.370 e. The summed E-state index contributed by atoms with van der Waals surface area (Å²) in [5.74, 6) is 2.09. The van der Waals surface area contributed by atoms with Crippen LogP contribution in [0.1, 0.15) is 45.1 Å². The molecule has 0 amide bonds. The van der Waals surface area contributed by atoms with Crippen molar-refractivity contribution < 1.29 is 0 Å². The number of rotatable bonds is 4. The predicted molar refractivity (Wildman–Crippen MR) is 76.2 cm³/mol. The second-order valence-corrected chi connectivity index (χ2v) is 4.95. The molecule has 2 rings (SSSR count). The molecule has 1 unspecified atom stereocenters. The first-order valence-electron chi connectivity index (χ1n) is 7.10. The van der Waals surface area contributed by atoms with Crippen LogP contribution in [0.25, 0.3) is 0 Å². The Bertz CT molecular complexity index is 391. The average Bonchev–Trinajstić information content (AvgIpc) is 2.41. The molecule has 1 aromatic rings. The van der Waals surface area contributed by atoms with Crippen molar-refractivity contribution in [2.24, 2.45) is 0 Å². The van der Waals surface area contributed by atoms with Gasteiger partial charge >= 0.3 is 0 Å². The fourth-order valence-electron chi connectivity index (χ4n) is 2.78. The van der Waals surface area contributed by atoms with Crippen molar-refractivity contribution in [2.75, 3.05) is 23.3 Å². The molecule has 2 heterocycles. The Kier molecular flexibility index (Phi) is 4.39. The Morgan fingerprint density at radius 1 is 1.33 bits per heavy atom. The lowest BCUT2D eigenvalue weighted by atomic mass is 9.99. The first-order chi connectivity index (χ1) is 8.77. The van der Waals surface area contributed by atoms with Crippen LogP contribution in [0, 0.1) is 6.92 Å². The maximum absolute atomic E-state index is 4.52. The average molecular weight is 248 g/mol. The minimum atomic E-state index is 0.641. The summed E-state index contributed by atoms with van der Waals surface area (Å²) in [4.78, 5) is 11.3. The van der Waals surface area contributed by atoms with Gasteiger partial charge in [0.1, 0.15) is 18.0 Å². The number of hydrogen-bond donors (Lipinski definition) is 1. The standard InChI is InChI=1S/C14H24N4/c1-4-12-8-6-7-9-18(12)14-11(3)13(15-5-2)16-10-17-14/h10,12H,4-9H2,1-3H3,(H,15,16,17). The predicted octanol–water partition coefficient (Wildman–Crippen LogP) is 2.99. The van der Waals surface area contributed by atoms with Crippen molar-refractivity contribution in [2.45, 2.75) is 52.5 Å². The minimum absolute atomic E-state index is 0.641. The number of nitrogens with zero attached hydrogens (tertiary/aromatic N) is 3. The van der Waals surface area contributed by atoms with Gasteiger partial charge in [0.2, 0.25) is 0 Å². The topological polar surface area (TPSA) is 41.1 Å². The summed E-state index contributed by atoms with van der Waals surface area (Å²) in [7, 11) is 0. The molecule has 4 nitrogen and oxygen atoms in total. The largest absolute Gasteiger partial charge is 0.370 e. The summed E-state index contributed by atoms with van der Waals surface area (Å²) in [5, 5.41) is 3.31. The van der Waals surface area contributed by atoms with Crippen LogP contribution in [0.2, 0.25) is 0 Å². The van der Waals surface area contributed by atoms with Gasteiger partial charge in [-0.3, -0.25) is 0 Å². The van der Waals surface area contributed by atoms with E-state index in [0.29, 0.717) is 6.04 Å². The molecule has 0 aromatic carbocycles. The third-order valence-corrected chi connectivity index (χ3v) is 3.77. The highest BCUT2D eigenvalue weighted by Gasteiger charge is 2.24. The van der Waals surface area contributed by atoms with E-state index in [2.05, 4.69) is 41.0 Å². The SMILES string of the molecule is CCNc1ncnc(N2CCCCC2CC)c1C. The van der Waals surface area contributed by atoms with E-state index < -0.39 is 0 Å². The maximum atomic E-state index is 4.52. The molecular weight excluding hydrogens is 224 g/mol. The Labute approximate surface area is 110 Å². The van der Waals surface area contributed by atoms with Gasteiger partial charge in [-0.25, -0.2) is 9.97 Å². The van der Waals surface area contributed by atoms with Crippen LogP contribution in [-0.2, 0) is 0 Å². The second kappa shape index (κ2) is 6.03. The zero-order valence-corrected chi connectivity index (χ0v) is 11.7. The summed E-state index contributed by atoms with van der Waals surface area (Å²) < 4.78 is 0. The Balaban J connectivity index is 2.28. The number of piperidine rings is 1. The second-order valence-electron chi connectivity index (χ2n) is 4.95. The molecule has 1 aliphatic heterocycles. The summed E-state index contributed by atoms with van der Waals surface area (Å²) >= 11 is 0. The van der Waals surface area contributed by atoms with Crippen molar-refractivity contribution >= 4 is 11.6 Å². The number of aromatic nitrogens is 2. The van der Waals surface area contributed by atoms with E-state index >= 15 is 0 Å². The van der Waals surface area contributed by atoms with Gasteiger partial charge in [0.15, 0.2) is 0 Å². The first-order valence-corrected chi connectivity index (χ1v) is 7.10. The number of nitrogens with one attached hydrogen (secondary N) is 1. The van der Waals surface area contributed by atoms with Gasteiger partial charge in [-0.05, 0) is 39.5 Å². The molecule has 1 fully saturated rings. The lowest BCUT2D eigenvalue weighted by molar-refractivity contribution is 0.446. The molecule has 0 radical (unpaired) electrons. The summed E-state index contributed by atoms with van der Waals surface area (Å²) in [6.07, 6.45) is 6.79. The van der Waals surface area contributed by atoms with Crippen molar-refractivity contribution in [3.8, 4) is 0 Å². The third kappa shape index (κ3) is 2.57. The van der Waals surface area contributed by atoms with E-state index in [0.717, 1.165) is 24.7 Å². The van der Waals surface area contributed by atoms with Crippen molar-refractivity contribution in [3.63, 3.8) is 0 Å². The van der Waals surface area contributed by atoms with Crippen LogP contribution >= 0.6 is 0 Å². The normalized spacial score (nSPS) is 19.9. The maximum Gasteiger partial charge on any atom is 0.137 e. The van der Waals surface area contributed by atoms with Crippen molar-refractivity contribution in [1.82, 2.24) is 9.97 Å². The van der Waals surface area contributed by atoms with Crippen LogP contribution in [-0.4, -0.2) is 29.1 Å². The van der Waals surface area contributed by atoms with Gasteiger partial charge in [0, 0.05) is 24.7 Å². The molecule has 1 aliphatic rings. The molecule has 1 N–H and O–H groups in total. The van der Waals surface area contributed by atoms with Crippen LogP contribution in [0.3, 0.4) is 0 Å². The highest BCUT2D eigenvalue weighted by molar-refractivity contribution is 5.58. The number of hydrogen-bond acceptors (Lipinski definition) is 4. The summed E-state index contributed by atoms with van der Waals surface area (Å²) in [6.45, 7) is 8.51. The van der Waals surface area contributed by atoms with Crippen LogP contribution in [0.4, 0.5) is 11.6 Å². The molecular formula is C14H24N4. The van der Waals surface area contributed by atoms with E-state index in [9.17, 15) is 0 Å². The van der Waals surface area contributed by atoms with Crippen LogP contribution in [0.15, 0.2) is 6.33 Å². The van der Waals surface area contributed by atoms with Gasteiger partial charge in [-0.15, -0.1) is 0 Å². The third-order valence-electron chi connectivity index (χ3n) is 3.77. The van der Waals surface area contributed by atoms with Gasteiger partial charge in [0.05, 0.1) is 0 Å². The van der Waals surface area contributed by atoms with Gasteiger partial charge in [-0.2, -0.15) is 0 Å². The highest BCUT2D eigenvalue weighted by Crippen LogP contribution is 2.29. The molecule has 0 saturated carbocycles. The van der Waals surface area contributed by atoms with Gasteiger partial charge in [-0.1, -0.05) is 6.92 Å². The van der Waals surface area contributed by atoms with Crippen LogP contribution < -0.4 is 10.2 Å². The van der Waals surface area contributed by atoms with E-state index in [1.807, 2.05) is 0 Å². The highest BCUT2D eigenvalue weighted by atomic mass is 15.2. The molecule has 4 heteroatoms.